The van der Waals surface area contributed by atoms with Crippen molar-refractivity contribution >= 4 is 11.8 Å². The molecular weight excluding hydrogens is 276 g/mol. The molecule has 3 nitrogen and oxygen atoms in total. The second-order valence-corrected chi connectivity index (χ2v) is 6.10. The second kappa shape index (κ2) is 10.1. The van der Waals surface area contributed by atoms with E-state index in [1.807, 2.05) is 19.9 Å². The van der Waals surface area contributed by atoms with Gasteiger partial charge < -0.3 is 4.74 Å². The van der Waals surface area contributed by atoms with Gasteiger partial charge in [-0.05, 0) is 12.3 Å². The number of esters is 1. The van der Waals surface area contributed by atoms with Crippen LogP contribution in [0.5, 0.6) is 0 Å². The van der Waals surface area contributed by atoms with Gasteiger partial charge in [0.1, 0.15) is 0 Å². The summed E-state index contributed by atoms with van der Waals surface area (Å²) >= 11 is 0. The Balaban J connectivity index is 2.44. The first-order chi connectivity index (χ1) is 10.6. The maximum atomic E-state index is 12.2. The molecule has 0 N–H and O–H groups in total. The molecular formula is C19H28O3. The van der Waals surface area contributed by atoms with Crippen molar-refractivity contribution in [1.29, 1.82) is 0 Å². The molecule has 122 valence electrons. The van der Waals surface area contributed by atoms with Gasteiger partial charge in [0.15, 0.2) is 12.4 Å². The summed E-state index contributed by atoms with van der Waals surface area (Å²) in [7, 11) is 0. The van der Waals surface area contributed by atoms with Crippen LogP contribution in [-0.2, 0) is 9.53 Å². The number of hydrogen-bond donors (Lipinski definition) is 0. The van der Waals surface area contributed by atoms with E-state index >= 15 is 0 Å². The number of ether oxygens (including phenoxy) is 1. The SMILES string of the molecule is CCCCCC[C@@H](C(=O)OCC(=O)c1ccccc1)C(C)C. The number of unbranched alkanes of at least 4 members (excludes halogenated alkanes) is 3. The average molecular weight is 304 g/mol. The van der Waals surface area contributed by atoms with E-state index in [0.29, 0.717) is 5.56 Å². The normalized spacial score (nSPS) is 12.2. The minimum atomic E-state index is -0.240. The summed E-state index contributed by atoms with van der Waals surface area (Å²) in [6, 6.07) is 8.94. The van der Waals surface area contributed by atoms with Crippen LogP contribution in [0.2, 0.25) is 0 Å². The molecule has 0 fully saturated rings. The van der Waals surface area contributed by atoms with Crippen LogP contribution >= 0.6 is 0 Å². The largest absolute Gasteiger partial charge is 0.457 e. The number of carbonyl (C=O) groups is 2. The Morgan fingerprint density at radius 3 is 2.32 bits per heavy atom. The van der Waals surface area contributed by atoms with Crippen LogP contribution in [0.4, 0.5) is 0 Å². The van der Waals surface area contributed by atoms with Crippen molar-refractivity contribution < 1.29 is 14.3 Å². The highest BCUT2D eigenvalue weighted by Gasteiger charge is 2.24. The Bertz CT molecular complexity index is 451. The van der Waals surface area contributed by atoms with Gasteiger partial charge in [-0.3, -0.25) is 9.59 Å². The summed E-state index contributed by atoms with van der Waals surface area (Å²) in [5.41, 5.74) is 0.583. The lowest BCUT2D eigenvalue weighted by molar-refractivity contribution is -0.149. The summed E-state index contributed by atoms with van der Waals surface area (Å²) in [6.07, 6.45) is 5.42. The van der Waals surface area contributed by atoms with Gasteiger partial charge in [0.05, 0.1) is 5.92 Å². The van der Waals surface area contributed by atoms with Crippen LogP contribution in [0.3, 0.4) is 0 Å². The molecule has 0 unspecified atom stereocenters. The van der Waals surface area contributed by atoms with Crippen molar-refractivity contribution in [2.45, 2.75) is 52.9 Å². The number of benzene rings is 1. The number of hydrogen-bond acceptors (Lipinski definition) is 3. The first-order valence-electron chi connectivity index (χ1n) is 8.31. The number of carbonyl (C=O) groups excluding carboxylic acids is 2. The first-order valence-corrected chi connectivity index (χ1v) is 8.31. The van der Waals surface area contributed by atoms with Gasteiger partial charge in [-0.1, -0.05) is 76.8 Å². The fraction of sp³-hybridized carbons (Fsp3) is 0.579. The molecule has 0 aromatic heterocycles. The fourth-order valence-electron chi connectivity index (χ4n) is 2.47. The molecule has 0 amide bonds. The quantitative estimate of drug-likeness (QED) is 0.359. The predicted molar refractivity (Wildman–Crippen MR) is 88.8 cm³/mol. The van der Waals surface area contributed by atoms with E-state index in [9.17, 15) is 9.59 Å². The summed E-state index contributed by atoms with van der Waals surface area (Å²) < 4.78 is 5.25. The van der Waals surface area contributed by atoms with Crippen molar-refractivity contribution in [1.82, 2.24) is 0 Å². The molecule has 0 heterocycles. The van der Waals surface area contributed by atoms with Gasteiger partial charge >= 0.3 is 5.97 Å². The molecule has 1 rings (SSSR count). The lowest BCUT2D eigenvalue weighted by Gasteiger charge is -2.19. The second-order valence-electron chi connectivity index (χ2n) is 6.10. The first kappa shape index (κ1) is 18.4. The molecule has 0 bridgehead atoms. The number of Topliss-reactive ketones (excluding diaryl/α,β-unsaturated/α-hetero) is 1. The molecule has 0 radical (unpaired) electrons. The maximum absolute atomic E-state index is 12.2. The smallest absolute Gasteiger partial charge is 0.309 e. The summed E-state index contributed by atoms with van der Waals surface area (Å²) in [6.45, 7) is 6.07. The third-order valence-corrected chi connectivity index (χ3v) is 3.92. The molecule has 22 heavy (non-hydrogen) atoms. The Morgan fingerprint density at radius 2 is 1.73 bits per heavy atom. The van der Waals surface area contributed by atoms with Crippen LogP contribution < -0.4 is 0 Å². The topological polar surface area (TPSA) is 43.4 Å². The van der Waals surface area contributed by atoms with Crippen LogP contribution in [0, 0.1) is 11.8 Å². The summed E-state index contributed by atoms with van der Waals surface area (Å²) in [5.74, 6) is -0.264. The van der Waals surface area contributed by atoms with E-state index in [1.165, 1.54) is 12.8 Å². The Morgan fingerprint density at radius 1 is 1.05 bits per heavy atom. The van der Waals surface area contributed by atoms with E-state index in [2.05, 4.69) is 6.92 Å². The minimum Gasteiger partial charge on any atom is -0.457 e. The molecule has 0 aliphatic rings. The van der Waals surface area contributed by atoms with Gasteiger partial charge in [0.2, 0.25) is 0 Å². The molecule has 3 heteroatoms. The van der Waals surface area contributed by atoms with Gasteiger partial charge in [0.25, 0.3) is 0 Å². The standard InChI is InChI=1S/C19H28O3/c1-4-5-6-10-13-17(15(2)3)19(21)22-14-18(20)16-11-8-7-9-12-16/h7-9,11-12,15,17H,4-6,10,13-14H2,1-3H3/t17-/m1/s1. The van der Waals surface area contributed by atoms with Crippen LogP contribution in [0.25, 0.3) is 0 Å². The zero-order valence-corrected chi connectivity index (χ0v) is 14.0. The van der Waals surface area contributed by atoms with Gasteiger partial charge in [-0.25, -0.2) is 0 Å². The van der Waals surface area contributed by atoms with Crippen molar-refractivity contribution in [2.75, 3.05) is 6.61 Å². The van der Waals surface area contributed by atoms with E-state index < -0.39 is 0 Å². The molecule has 0 saturated carbocycles. The number of rotatable bonds is 10. The van der Waals surface area contributed by atoms with Crippen molar-refractivity contribution in [3.8, 4) is 0 Å². The Hall–Kier alpha value is -1.64. The molecule has 1 aromatic rings. The molecule has 0 spiro atoms. The lowest BCUT2D eigenvalue weighted by atomic mass is 9.90. The third kappa shape index (κ3) is 6.42. The van der Waals surface area contributed by atoms with E-state index in [1.54, 1.807) is 24.3 Å². The molecule has 0 aliphatic heterocycles. The van der Waals surface area contributed by atoms with Crippen molar-refractivity contribution in [3.05, 3.63) is 35.9 Å². The highest BCUT2D eigenvalue weighted by atomic mass is 16.5. The van der Waals surface area contributed by atoms with Crippen LogP contribution in [0.15, 0.2) is 30.3 Å². The predicted octanol–water partition coefficient (Wildman–Crippen LogP) is 4.66. The lowest BCUT2D eigenvalue weighted by Crippen LogP contribution is -2.25. The Labute approximate surface area is 134 Å². The summed E-state index contributed by atoms with van der Waals surface area (Å²) in [5, 5.41) is 0. The molecule has 1 aromatic carbocycles. The highest BCUT2D eigenvalue weighted by molar-refractivity contribution is 5.97. The maximum Gasteiger partial charge on any atom is 0.309 e. The van der Waals surface area contributed by atoms with Crippen molar-refractivity contribution in [3.63, 3.8) is 0 Å². The third-order valence-electron chi connectivity index (χ3n) is 3.92. The monoisotopic (exact) mass is 304 g/mol. The summed E-state index contributed by atoms with van der Waals surface area (Å²) in [4.78, 5) is 24.2. The van der Waals surface area contributed by atoms with Gasteiger partial charge in [-0.15, -0.1) is 0 Å². The zero-order valence-electron chi connectivity index (χ0n) is 14.0. The number of ketones is 1. The van der Waals surface area contributed by atoms with Crippen LogP contribution in [0.1, 0.15) is 63.2 Å². The minimum absolute atomic E-state index is 0.111. The highest BCUT2D eigenvalue weighted by Crippen LogP contribution is 2.21. The van der Waals surface area contributed by atoms with Crippen molar-refractivity contribution in [2.24, 2.45) is 11.8 Å². The van der Waals surface area contributed by atoms with E-state index in [-0.39, 0.29) is 30.2 Å². The molecule has 0 aliphatic carbocycles. The Kier molecular flexibility index (Phi) is 8.49. The molecule has 0 saturated heterocycles. The molecule has 1 atom stereocenters. The van der Waals surface area contributed by atoms with Gasteiger partial charge in [0, 0.05) is 5.56 Å². The van der Waals surface area contributed by atoms with E-state index in [0.717, 1.165) is 19.3 Å². The zero-order chi connectivity index (χ0) is 16.4. The average Bonchev–Trinajstić information content (AvgIpc) is 2.52. The van der Waals surface area contributed by atoms with E-state index in [4.69, 9.17) is 4.74 Å². The van der Waals surface area contributed by atoms with Gasteiger partial charge in [-0.2, -0.15) is 0 Å². The van der Waals surface area contributed by atoms with Crippen LogP contribution in [-0.4, -0.2) is 18.4 Å². The fourth-order valence-corrected chi connectivity index (χ4v) is 2.47.